The molecule has 1 aliphatic heterocycles. The third-order valence-electron chi connectivity index (χ3n) is 7.75. The molecule has 0 amide bonds. The van der Waals surface area contributed by atoms with Crippen molar-refractivity contribution in [1.82, 2.24) is 19.4 Å². The SMILES string of the molecule is CCn1nc(Cc2ccccc2)cc1C1CCN(CC[C@H](NS(=O)(=O)CC)c2ccccc2)CC1.O=C(C(=O)C(F)(F)F)C(F)(F)F. The molecule has 258 valence electrons. The van der Waals surface area contributed by atoms with E-state index >= 15 is 0 Å². The van der Waals surface area contributed by atoms with Gasteiger partial charge in [0.15, 0.2) is 0 Å². The lowest BCUT2D eigenvalue weighted by Gasteiger charge is -2.33. The van der Waals surface area contributed by atoms with E-state index in [1.807, 2.05) is 36.4 Å². The first-order chi connectivity index (χ1) is 22.0. The summed E-state index contributed by atoms with van der Waals surface area (Å²) in [6.45, 7) is 7.66. The van der Waals surface area contributed by atoms with Gasteiger partial charge in [0.25, 0.3) is 0 Å². The van der Waals surface area contributed by atoms with Crippen LogP contribution in [0.3, 0.4) is 0 Å². The Hall–Kier alpha value is -3.56. The number of likely N-dealkylation sites (tertiary alicyclic amines) is 1. The van der Waals surface area contributed by atoms with Crippen LogP contribution in [0.15, 0.2) is 66.7 Å². The van der Waals surface area contributed by atoms with Gasteiger partial charge in [0.05, 0.1) is 11.4 Å². The number of hydrogen-bond donors (Lipinski definition) is 1. The maximum absolute atomic E-state index is 12.3. The van der Waals surface area contributed by atoms with Crippen molar-refractivity contribution in [2.24, 2.45) is 0 Å². The number of aromatic nitrogens is 2. The van der Waals surface area contributed by atoms with Crippen LogP contribution < -0.4 is 4.72 Å². The first-order valence-electron chi connectivity index (χ1n) is 15.1. The van der Waals surface area contributed by atoms with Crippen molar-refractivity contribution >= 4 is 21.6 Å². The third-order valence-corrected chi connectivity index (χ3v) is 9.16. The summed E-state index contributed by atoms with van der Waals surface area (Å²) in [6, 6.07) is 22.6. The summed E-state index contributed by atoms with van der Waals surface area (Å²) in [5.74, 6) is -6.20. The van der Waals surface area contributed by atoms with Gasteiger partial charge in [-0.15, -0.1) is 0 Å². The predicted octanol–water partition coefficient (Wildman–Crippen LogP) is 5.99. The molecule has 1 aliphatic rings. The fourth-order valence-corrected chi connectivity index (χ4v) is 6.11. The molecule has 8 nitrogen and oxygen atoms in total. The van der Waals surface area contributed by atoms with Gasteiger partial charge >= 0.3 is 23.9 Å². The molecule has 0 saturated carbocycles. The fraction of sp³-hybridized carbons (Fsp3) is 0.469. The molecule has 0 aliphatic carbocycles. The average Bonchev–Trinajstić information content (AvgIpc) is 3.45. The summed E-state index contributed by atoms with van der Waals surface area (Å²) in [6.07, 6.45) is -7.70. The zero-order valence-corrected chi connectivity index (χ0v) is 26.8. The number of nitrogens with one attached hydrogen (secondary N) is 1. The molecular weight excluding hydrogens is 650 g/mol. The number of piperidine rings is 1. The van der Waals surface area contributed by atoms with Crippen LogP contribution in [0.4, 0.5) is 26.3 Å². The number of alkyl halides is 6. The lowest BCUT2D eigenvalue weighted by Crippen LogP contribution is -2.39. The number of carbonyl (C=O) groups is 2. The zero-order valence-electron chi connectivity index (χ0n) is 26.0. The zero-order chi connectivity index (χ0) is 34.8. The molecule has 0 spiro atoms. The second-order valence-electron chi connectivity index (χ2n) is 11.1. The predicted molar refractivity (Wildman–Crippen MR) is 164 cm³/mol. The first kappa shape index (κ1) is 37.9. The Kier molecular flexibility index (Phi) is 13.3. The normalized spacial score (nSPS) is 15.5. The standard InChI is InChI=1S/C28H38N4O2S.C4F6O2/c1-3-32-28(22-26(29-32)21-23-11-7-5-8-12-23)25-15-18-31(19-16-25)20-17-27(30-35(33,34)4-2)24-13-9-6-10-14-24;5-3(6,7)1(11)2(12)4(8,9)10/h5-14,22,25,27,30H,3-4,15-21H2,1-2H3;/t27-;/m0./s1. The molecule has 2 heterocycles. The molecular formula is C32H38F6N4O4S. The van der Waals surface area contributed by atoms with Crippen LogP contribution in [-0.4, -0.2) is 72.4 Å². The summed E-state index contributed by atoms with van der Waals surface area (Å²) in [5.41, 5.74) is 4.82. The Morgan fingerprint density at radius 2 is 1.43 bits per heavy atom. The number of nitrogens with zero attached hydrogens (tertiary/aromatic N) is 3. The molecule has 1 atom stereocenters. The minimum atomic E-state index is -5.77. The van der Waals surface area contributed by atoms with Crippen LogP contribution in [0.2, 0.25) is 0 Å². The Morgan fingerprint density at radius 3 is 1.91 bits per heavy atom. The number of hydrogen-bond acceptors (Lipinski definition) is 6. The van der Waals surface area contributed by atoms with E-state index in [2.05, 4.69) is 51.6 Å². The number of benzene rings is 2. The van der Waals surface area contributed by atoms with Gasteiger partial charge in [-0.1, -0.05) is 60.7 Å². The van der Waals surface area contributed by atoms with Gasteiger partial charge < -0.3 is 4.90 Å². The minimum absolute atomic E-state index is 0.0963. The number of rotatable bonds is 12. The molecule has 0 bridgehead atoms. The monoisotopic (exact) mass is 688 g/mol. The summed E-state index contributed by atoms with van der Waals surface area (Å²) in [7, 11) is -3.27. The molecule has 0 radical (unpaired) electrons. The van der Waals surface area contributed by atoms with Crippen molar-refractivity contribution in [1.29, 1.82) is 0 Å². The molecule has 4 rings (SSSR count). The minimum Gasteiger partial charge on any atom is -0.303 e. The molecule has 15 heteroatoms. The second-order valence-corrected chi connectivity index (χ2v) is 13.1. The highest BCUT2D eigenvalue weighted by molar-refractivity contribution is 7.89. The fourth-order valence-electron chi connectivity index (χ4n) is 5.26. The average molecular weight is 689 g/mol. The Balaban J connectivity index is 0.000000426. The van der Waals surface area contributed by atoms with Gasteiger partial charge in [0, 0.05) is 30.6 Å². The van der Waals surface area contributed by atoms with Crippen molar-refractivity contribution in [2.45, 2.75) is 70.4 Å². The number of carbonyl (C=O) groups excluding carboxylic acids is 2. The number of Topliss-reactive ketones (excluding diaryl/α,β-unsaturated/α-hetero) is 2. The van der Waals surface area contributed by atoms with Crippen LogP contribution in [-0.2, 0) is 32.6 Å². The van der Waals surface area contributed by atoms with E-state index in [1.54, 1.807) is 6.92 Å². The van der Waals surface area contributed by atoms with E-state index in [9.17, 15) is 44.3 Å². The number of aryl methyl sites for hydroxylation is 1. The molecule has 1 aromatic heterocycles. The largest absolute Gasteiger partial charge is 0.458 e. The van der Waals surface area contributed by atoms with Crippen LogP contribution in [0.25, 0.3) is 0 Å². The van der Waals surface area contributed by atoms with Gasteiger partial charge in [-0.05, 0) is 69.9 Å². The Bertz CT molecular complexity index is 1530. The summed E-state index contributed by atoms with van der Waals surface area (Å²) < 4.78 is 96.6. The van der Waals surface area contributed by atoms with Gasteiger partial charge in [-0.25, -0.2) is 13.1 Å². The molecule has 1 fully saturated rings. The van der Waals surface area contributed by atoms with Crippen LogP contribution >= 0.6 is 0 Å². The lowest BCUT2D eigenvalue weighted by atomic mass is 9.92. The number of sulfonamides is 1. The Labute approximate surface area is 270 Å². The summed E-state index contributed by atoms with van der Waals surface area (Å²) in [4.78, 5) is 21.7. The van der Waals surface area contributed by atoms with E-state index in [0.29, 0.717) is 5.92 Å². The van der Waals surface area contributed by atoms with E-state index in [-0.39, 0.29) is 11.8 Å². The van der Waals surface area contributed by atoms with Gasteiger partial charge in [-0.2, -0.15) is 31.4 Å². The Morgan fingerprint density at radius 1 is 0.894 bits per heavy atom. The first-order valence-corrected chi connectivity index (χ1v) is 16.8. The topological polar surface area (TPSA) is 101 Å². The summed E-state index contributed by atoms with van der Waals surface area (Å²) in [5, 5.41) is 4.89. The van der Waals surface area contributed by atoms with E-state index in [1.165, 1.54) is 11.3 Å². The quantitative estimate of drug-likeness (QED) is 0.185. The lowest BCUT2D eigenvalue weighted by molar-refractivity contribution is -0.193. The van der Waals surface area contributed by atoms with Crippen LogP contribution in [0.1, 0.15) is 67.6 Å². The van der Waals surface area contributed by atoms with Crippen LogP contribution in [0, 0.1) is 0 Å². The smallest absolute Gasteiger partial charge is 0.303 e. The number of ketones is 2. The third kappa shape index (κ3) is 11.6. The molecule has 2 aromatic carbocycles. The molecule has 47 heavy (non-hydrogen) atoms. The molecule has 1 N–H and O–H groups in total. The van der Waals surface area contributed by atoms with Gasteiger partial charge in [0.1, 0.15) is 0 Å². The molecule has 0 unspecified atom stereocenters. The highest BCUT2D eigenvalue weighted by Gasteiger charge is 2.54. The van der Waals surface area contributed by atoms with Crippen molar-refractivity contribution in [2.75, 3.05) is 25.4 Å². The van der Waals surface area contributed by atoms with Crippen molar-refractivity contribution in [3.05, 3.63) is 89.2 Å². The number of halogens is 6. The van der Waals surface area contributed by atoms with E-state index in [0.717, 1.165) is 63.1 Å². The second kappa shape index (κ2) is 16.5. The maximum Gasteiger partial charge on any atom is 0.458 e. The maximum atomic E-state index is 12.3. The molecule has 1 saturated heterocycles. The van der Waals surface area contributed by atoms with Crippen molar-refractivity contribution in [3.8, 4) is 0 Å². The van der Waals surface area contributed by atoms with E-state index < -0.39 is 33.9 Å². The molecule has 3 aromatic rings. The highest BCUT2D eigenvalue weighted by Crippen LogP contribution is 2.30. The van der Waals surface area contributed by atoms with Gasteiger partial charge in [-0.3, -0.25) is 14.3 Å². The van der Waals surface area contributed by atoms with Crippen molar-refractivity contribution in [3.63, 3.8) is 0 Å². The van der Waals surface area contributed by atoms with E-state index in [4.69, 9.17) is 5.10 Å². The van der Waals surface area contributed by atoms with Gasteiger partial charge in [0.2, 0.25) is 10.0 Å². The van der Waals surface area contributed by atoms with Crippen molar-refractivity contribution < 1.29 is 44.3 Å². The highest BCUT2D eigenvalue weighted by atomic mass is 32.2. The van der Waals surface area contributed by atoms with Crippen LogP contribution in [0.5, 0.6) is 0 Å². The summed E-state index contributed by atoms with van der Waals surface area (Å²) >= 11 is 0.